The summed E-state index contributed by atoms with van der Waals surface area (Å²) in [7, 11) is 0. The third-order valence-corrected chi connectivity index (χ3v) is 5.72. The van der Waals surface area contributed by atoms with Crippen LogP contribution in [0.25, 0.3) is 11.1 Å². The van der Waals surface area contributed by atoms with Gasteiger partial charge in [-0.3, -0.25) is 9.59 Å². The number of benzene rings is 2. The quantitative estimate of drug-likeness (QED) is 0.596. The van der Waals surface area contributed by atoms with Crippen LogP contribution < -0.4 is 5.32 Å². The van der Waals surface area contributed by atoms with E-state index >= 15 is 0 Å². The SMILES string of the molecule is CC(C)(C)N(CC(=O)O)C(=O)C(CC(F)F)NC(=O)OCC1c2ccccc2-c2ccccc21. The van der Waals surface area contributed by atoms with E-state index in [-0.39, 0.29) is 12.5 Å². The molecule has 0 fully saturated rings. The van der Waals surface area contributed by atoms with E-state index in [2.05, 4.69) is 5.32 Å². The van der Waals surface area contributed by atoms with Crippen molar-refractivity contribution in [1.29, 1.82) is 0 Å². The number of hydrogen-bond donors (Lipinski definition) is 2. The highest BCUT2D eigenvalue weighted by Gasteiger charge is 2.36. The number of halogens is 2. The first-order valence-electron chi connectivity index (χ1n) is 10.9. The van der Waals surface area contributed by atoms with Crippen LogP contribution in [0.15, 0.2) is 48.5 Å². The maximum atomic E-state index is 13.2. The minimum absolute atomic E-state index is 0.0481. The van der Waals surface area contributed by atoms with E-state index in [9.17, 15) is 23.2 Å². The van der Waals surface area contributed by atoms with Crippen molar-refractivity contribution in [2.75, 3.05) is 13.2 Å². The average molecular weight is 475 g/mol. The Morgan fingerprint density at radius 3 is 2.03 bits per heavy atom. The van der Waals surface area contributed by atoms with E-state index in [0.717, 1.165) is 27.2 Å². The molecule has 2 N–H and O–H groups in total. The lowest BCUT2D eigenvalue weighted by Crippen LogP contribution is -2.56. The average Bonchev–Trinajstić information content (AvgIpc) is 3.08. The van der Waals surface area contributed by atoms with Crippen LogP contribution >= 0.6 is 0 Å². The molecule has 0 aromatic heterocycles. The predicted octanol–water partition coefficient (Wildman–Crippen LogP) is 4.26. The van der Waals surface area contributed by atoms with E-state index in [0.29, 0.717) is 0 Å². The maximum absolute atomic E-state index is 13.2. The van der Waals surface area contributed by atoms with Gasteiger partial charge in [0.05, 0.1) is 0 Å². The van der Waals surface area contributed by atoms with Gasteiger partial charge in [0.25, 0.3) is 0 Å². The van der Waals surface area contributed by atoms with Crippen LogP contribution in [0.1, 0.15) is 44.2 Å². The largest absolute Gasteiger partial charge is 0.480 e. The molecule has 9 heteroatoms. The molecule has 0 spiro atoms. The zero-order valence-electron chi connectivity index (χ0n) is 19.3. The molecule has 1 aliphatic carbocycles. The number of alkyl halides is 2. The Kier molecular flexibility index (Phi) is 7.54. The summed E-state index contributed by atoms with van der Waals surface area (Å²) in [4.78, 5) is 37.7. The topological polar surface area (TPSA) is 95.9 Å². The fraction of sp³-hybridized carbons (Fsp3) is 0.400. The van der Waals surface area contributed by atoms with E-state index < -0.39 is 48.9 Å². The number of nitrogens with one attached hydrogen (secondary N) is 1. The number of alkyl carbamates (subject to hydrolysis) is 1. The first kappa shape index (κ1) is 25.1. The van der Waals surface area contributed by atoms with E-state index in [1.807, 2.05) is 48.5 Å². The number of nitrogens with zero attached hydrogens (tertiary/aromatic N) is 1. The Bertz CT molecular complexity index is 1020. The summed E-state index contributed by atoms with van der Waals surface area (Å²) >= 11 is 0. The van der Waals surface area contributed by atoms with Crippen molar-refractivity contribution in [3.63, 3.8) is 0 Å². The first-order valence-corrected chi connectivity index (χ1v) is 10.9. The highest BCUT2D eigenvalue weighted by atomic mass is 19.3. The number of carboxylic acid groups (broad SMARTS) is 1. The number of carbonyl (C=O) groups excluding carboxylic acids is 2. The van der Waals surface area contributed by atoms with Gasteiger partial charge in [0, 0.05) is 17.9 Å². The molecular weight excluding hydrogens is 446 g/mol. The molecule has 0 aliphatic heterocycles. The van der Waals surface area contributed by atoms with Crippen LogP contribution in [0.2, 0.25) is 0 Å². The van der Waals surface area contributed by atoms with Crippen LogP contribution in [0, 0.1) is 0 Å². The first-order chi connectivity index (χ1) is 16.0. The van der Waals surface area contributed by atoms with Crippen LogP contribution in [-0.4, -0.2) is 59.1 Å². The number of fused-ring (bicyclic) bond motifs is 3. The molecule has 2 aromatic carbocycles. The molecular formula is C25H28F2N2O5. The smallest absolute Gasteiger partial charge is 0.407 e. The van der Waals surface area contributed by atoms with E-state index in [1.54, 1.807) is 20.8 Å². The molecule has 0 radical (unpaired) electrons. The number of hydrogen-bond acceptors (Lipinski definition) is 4. The maximum Gasteiger partial charge on any atom is 0.407 e. The lowest BCUT2D eigenvalue weighted by Gasteiger charge is -2.37. The number of amides is 2. The van der Waals surface area contributed by atoms with Crippen molar-refractivity contribution in [3.8, 4) is 11.1 Å². The monoisotopic (exact) mass is 474 g/mol. The second kappa shape index (κ2) is 10.2. The third kappa shape index (κ3) is 5.70. The molecule has 0 heterocycles. The Morgan fingerprint density at radius 1 is 1.03 bits per heavy atom. The van der Waals surface area contributed by atoms with Gasteiger partial charge in [-0.15, -0.1) is 0 Å². The number of rotatable bonds is 8. The van der Waals surface area contributed by atoms with E-state index in [1.165, 1.54) is 0 Å². The Morgan fingerprint density at radius 2 is 1.56 bits per heavy atom. The molecule has 34 heavy (non-hydrogen) atoms. The van der Waals surface area contributed by atoms with Crippen molar-refractivity contribution in [1.82, 2.24) is 10.2 Å². The van der Waals surface area contributed by atoms with Gasteiger partial charge in [-0.05, 0) is 43.0 Å². The molecule has 182 valence electrons. The molecule has 1 unspecified atom stereocenters. The molecule has 2 amide bonds. The van der Waals surface area contributed by atoms with Gasteiger partial charge in [-0.25, -0.2) is 13.6 Å². The van der Waals surface area contributed by atoms with Crippen LogP contribution in [0.5, 0.6) is 0 Å². The highest BCUT2D eigenvalue weighted by Crippen LogP contribution is 2.44. The van der Waals surface area contributed by atoms with E-state index in [4.69, 9.17) is 9.84 Å². The van der Waals surface area contributed by atoms with Gasteiger partial charge in [0.2, 0.25) is 12.3 Å². The molecule has 0 saturated heterocycles. The highest BCUT2D eigenvalue weighted by molar-refractivity contribution is 5.88. The lowest BCUT2D eigenvalue weighted by atomic mass is 9.98. The van der Waals surface area contributed by atoms with Crippen molar-refractivity contribution in [3.05, 3.63) is 59.7 Å². The molecule has 2 aromatic rings. The number of carbonyl (C=O) groups is 3. The van der Waals surface area contributed by atoms with Crippen LogP contribution in [-0.2, 0) is 14.3 Å². The second-order valence-corrected chi connectivity index (χ2v) is 9.14. The fourth-order valence-electron chi connectivity index (χ4n) is 4.15. The summed E-state index contributed by atoms with van der Waals surface area (Å²) in [6.07, 6.45) is -4.88. The molecule has 3 rings (SSSR count). The number of carboxylic acids is 1. The summed E-state index contributed by atoms with van der Waals surface area (Å²) in [5, 5.41) is 11.4. The van der Waals surface area contributed by atoms with Crippen LogP contribution in [0.4, 0.5) is 13.6 Å². The fourth-order valence-corrected chi connectivity index (χ4v) is 4.15. The molecule has 1 atom stereocenters. The lowest BCUT2D eigenvalue weighted by molar-refractivity contribution is -0.149. The van der Waals surface area contributed by atoms with Gasteiger partial charge in [0.15, 0.2) is 0 Å². The normalized spacial score (nSPS) is 13.7. The summed E-state index contributed by atoms with van der Waals surface area (Å²) in [6, 6.07) is 13.8. The predicted molar refractivity (Wildman–Crippen MR) is 122 cm³/mol. The van der Waals surface area contributed by atoms with Crippen molar-refractivity contribution >= 4 is 18.0 Å². The summed E-state index contributed by atoms with van der Waals surface area (Å²) in [5.74, 6) is -2.44. The van der Waals surface area contributed by atoms with Crippen molar-refractivity contribution < 1.29 is 33.0 Å². The Labute approximate surface area is 196 Å². The summed E-state index contributed by atoms with van der Waals surface area (Å²) in [5.41, 5.74) is 3.08. The molecule has 0 bridgehead atoms. The van der Waals surface area contributed by atoms with Gasteiger partial charge >= 0.3 is 12.1 Å². The van der Waals surface area contributed by atoms with Crippen molar-refractivity contribution in [2.45, 2.75) is 51.1 Å². The second-order valence-electron chi connectivity index (χ2n) is 9.14. The Balaban J connectivity index is 1.73. The zero-order valence-corrected chi connectivity index (χ0v) is 19.3. The van der Waals surface area contributed by atoms with Gasteiger partial charge < -0.3 is 20.1 Å². The summed E-state index contributed by atoms with van der Waals surface area (Å²) in [6.45, 7) is 4.02. The summed E-state index contributed by atoms with van der Waals surface area (Å²) < 4.78 is 31.8. The standard InChI is InChI=1S/C25H28F2N2O5/c1-25(2,3)29(13-22(30)31)23(32)20(12-21(26)27)28-24(33)34-14-19-17-10-6-4-8-15(17)16-9-5-7-11-18(16)19/h4-11,19-21H,12-14H2,1-3H3,(H,28,33)(H,30,31). The molecule has 0 saturated carbocycles. The van der Waals surface area contributed by atoms with Crippen molar-refractivity contribution in [2.24, 2.45) is 0 Å². The Hall–Kier alpha value is -3.49. The zero-order chi connectivity index (χ0) is 25.0. The molecule has 1 aliphatic rings. The number of ether oxygens (including phenoxy) is 1. The molecule has 7 nitrogen and oxygen atoms in total. The van der Waals surface area contributed by atoms with Gasteiger partial charge in [-0.1, -0.05) is 48.5 Å². The number of aliphatic carboxylic acids is 1. The van der Waals surface area contributed by atoms with Gasteiger partial charge in [0.1, 0.15) is 19.2 Å². The third-order valence-electron chi connectivity index (χ3n) is 5.72. The van der Waals surface area contributed by atoms with Gasteiger partial charge in [-0.2, -0.15) is 0 Å². The minimum Gasteiger partial charge on any atom is -0.480 e. The minimum atomic E-state index is -2.89. The van der Waals surface area contributed by atoms with Crippen LogP contribution in [0.3, 0.4) is 0 Å².